The van der Waals surface area contributed by atoms with E-state index in [0.29, 0.717) is 5.92 Å². The predicted octanol–water partition coefficient (Wildman–Crippen LogP) is 1.69. The maximum Gasteiger partial charge on any atom is 0.241 e. The lowest BCUT2D eigenvalue weighted by Crippen LogP contribution is -2.39. The Morgan fingerprint density at radius 2 is 2.11 bits per heavy atom. The van der Waals surface area contributed by atoms with Gasteiger partial charge in [0.25, 0.3) is 0 Å². The van der Waals surface area contributed by atoms with Gasteiger partial charge in [0.1, 0.15) is 0 Å². The van der Waals surface area contributed by atoms with E-state index in [9.17, 15) is 4.79 Å². The number of nitrogens with zero attached hydrogens (tertiary/aromatic N) is 1. The minimum atomic E-state index is -0.0692. The summed E-state index contributed by atoms with van der Waals surface area (Å²) in [6, 6.07) is 7.78. The van der Waals surface area contributed by atoms with Crippen LogP contribution >= 0.6 is 0 Å². The van der Waals surface area contributed by atoms with Gasteiger partial charge in [0.05, 0.1) is 17.4 Å². The second-order valence-electron chi connectivity index (χ2n) is 5.10. The number of anilines is 2. The minimum absolute atomic E-state index is 0.0642. The first-order valence-electron chi connectivity index (χ1n) is 6.40. The number of rotatable bonds is 3. The summed E-state index contributed by atoms with van der Waals surface area (Å²) in [5.41, 5.74) is 1.89. The Morgan fingerprint density at radius 1 is 1.39 bits per heavy atom. The Morgan fingerprint density at radius 3 is 2.72 bits per heavy atom. The molecule has 1 aromatic rings. The molecule has 1 aliphatic rings. The average Bonchev–Trinajstić information content (AvgIpc) is 2.76. The molecule has 0 saturated carbocycles. The van der Waals surface area contributed by atoms with Crippen LogP contribution in [0, 0.1) is 5.92 Å². The largest absolute Gasteiger partial charge is 0.376 e. The molecule has 18 heavy (non-hydrogen) atoms. The fourth-order valence-corrected chi connectivity index (χ4v) is 2.37. The minimum Gasteiger partial charge on any atom is -0.376 e. The Balaban J connectivity index is 2.11. The highest BCUT2D eigenvalue weighted by Crippen LogP contribution is 2.24. The number of carbonyl (C=O) groups excluding carboxylic acids is 1. The summed E-state index contributed by atoms with van der Waals surface area (Å²) >= 11 is 0. The summed E-state index contributed by atoms with van der Waals surface area (Å²) < 4.78 is 0. The van der Waals surface area contributed by atoms with Gasteiger partial charge in [0.2, 0.25) is 5.91 Å². The summed E-state index contributed by atoms with van der Waals surface area (Å²) in [6.07, 6.45) is 1.06. The number of para-hydroxylation sites is 2. The smallest absolute Gasteiger partial charge is 0.241 e. The van der Waals surface area contributed by atoms with Crippen LogP contribution < -0.4 is 15.5 Å². The van der Waals surface area contributed by atoms with Crippen LogP contribution in [0.15, 0.2) is 24.3 Å². The summed E-state index contributed by atoms with van der Waals surface area (Å²) in [4.78, 5) is 14.2. The van der Waals surface area contributed by atoms with Gasteiger partial charge in [-0.3, -0.25) is 4.79 Å². The molecule has 1 aromatic carbocycles. The molecule has 0 spiro atoms. The fourth-order valence-electron chi connectivity index (χ4n) is 2.37. The number of carbonyl (C=O) groups is 1. The zero-order valence-electron chi connectivity index (χ0n) is 11.2. The van der Waals surface area contributed by atoms with Crippen molar-refractivity contribution in [1.82, 2.24) is 5.32 Å². The second-order valence-corrected chi connectivity index (χ2v) is 5.10. The maximum atomic E-state index is 12.2. The molecule has 1 saturated heterocycles. The lowest BCUT2D eigenvalue weighted by molar-refractivity contribution is -0.118. The van der Waals surface area contributed by atoms with Crippen molar-refractivity contribution >= 4 is 17.3 Å². The van der Waals surface area contributed by atoms with Crippen LogP contribution in [0.1, 0.15) is 13.3 Å². The van der Waals surface area contributed by atoms with Crippen LogP contribution in [0.4, 0.5) is 11.4 Å². The number of hydrogen-bond acceptors (Lipinski definition) is 3. The van der Waals surface area contributed by atoms with Gasteiger partial charge in [0.15, 0.2) is 0 Å². The maximum absolute atomic E-state index is 12.2. The zero-order valence-corrected chi connectivity index (χ0v) is 11.2. The van der Waals surface area contributed by atoms with Crippen molar-refractivity contribution in [3.8, 4) is 0 Å². The first-order chi connectivity index (χ1) is 8.59. The van der Waals surface area contributed by atoms with Crippen LogP contribution in [0.3, 0.4) is 0 Å². The Bertz CT molecular complexity index is 431. The molecule has 98 valence electrons. The highest BCUT2D eigenvalue weighted by Gasteiger charge is 2.29. The lowest BCUT2D eigenvalue weighted by Gasteiger charge is -2.20. The van der Waals surface area contributed by atoms with Crippen molar-refractivity contribution in [2.45, 2.75) is 19.4 Å². The van der Waals surface area contributed by atoms with Crippen molar-refractivity contribution in [3.63, 3.8) is 0 Å². The van der Waals surface area contributed by atoms with Crippen molar-refractivity contribution < 1.29 is 4.79 Å². The molecule has 2 unspecified atom stereocenters. The van der Waals surface area contributed by atoms with Gasteiger partial charge in [-0.15, -0.1) is 0 Å². The van der Waals surface area contributed by atoms with E-state index in [1.807, 2.05) is 43.3 Å². The molecular formula is C14H21N3O. The van der Waals surface area contributed by atoms with Crippen LogP contribution in [-0.4, -0.2) is 32.6 Å². The van der Waals surface area contributed by atoms with Gasteiger partial charge in [-0.25, -0.2) is 0 Å². The van der Waals surface area contributed by atoms with Crippen molar-refractivity contribution in [1.29, 1.82) is 0 Å². The number of amides is 1. The Kier molecular flexibility index (Phi) is 3.87. The standard InChI is InChI=1S/C14H21N3O/c1-10-8-9-15-13(10)14(18)16-11-6-4-5-7-12(11)17(2)3/h4-7,10,13,15H,8-9H2,1-3H3,(H,16,18). The molecule has 0 aromatic heterocycles. The summed E-state index contributed by atoms with van der Waals surface area (Å²) in [5.74, 6) is 0.464. The van der Waals surface area contributed by atoms with E-state index in [4.69, 9.17) is 0 Å². The normalized spacial score (nSPS) is 22.8. The first-order valence-corrected chi connectivity index (χ1v) is 6.40. The third-order valence-electron chi connectivity index (χ3n) is 3.46. The predicted molar refractivity (Wildman–Crippen MR) is 75.0 cm³/mol. The summed E-state index contributed by atoms with van der Waals surface area (Å²) in [5, 5.41) is 6.27. The summed E-state index contributed by atoms with van der Waals surface area (Å²) in [6.45, 7) is 3.04. The molecule has 1 heterocycles. The van der Waals surface area contributed by atoms with Gasteiger partial charge in [-0.2, -0.15) is 0 Å². The third kappa shape index (κ3) is 2.64. The van der Waals surface area contributed by atoms with Crippen molar-refractivity contribution in [3.05, 3.63) is 24.3 Å². The summed E-state index contributed by atoms with van der Waals surface area (Å²) in [7, 11) is 3.95. The van der Waals surface area contributed by atoms with E-state index in [0.717, 1.165) is 24.3 Å². The van der Waals surface area contributed by atoms with E-state index in [1.54, 1.807) is 0 Å². The van der Waals surface area contributed by atoms with Crippen molar-refractivity contribution in [2.75, 3.05) is 30.9 Å². The molecular weight excluding hydrogens is 226 g/mol. The van der Waals surface area contributed by atoms with E-state index >= 15 is 0 Å². The van der Waals surface area contributed by atoms with E-state index in [-0.39, 0.29) is 11.9 Å². The van der Waals surface area contributed by atoms with Crippen molar-refractivity contribution in [2.24, 2.45) is 5.92 Å². The molecule has 0 aliphatic carbocycles. The van der Waals surface area contributed by atoms with E-state index < -0.39 is 0 Å². The van der Waals surface area contributed by atoms with Gasteiger partial charge in [0, 0.05) is 14.1 Å². The van der Waals surface area contributed by atoms with Gasteiger partial charge in [-0.05, 0) is 31.0 Å². The second kappa shape index (κ2) is 5.40. The highest BCUT2D eigenvalue weighted by atomic mass is 16.2. The molecule has 2 atom stereocenters. The molecule has 2 rings (SSSR count). The van der Waals surface area contributed by atoms with E-state index in [2.05, 4.69) is 17.6 Å². The third-order valence-corrected chi connectivity index (χ3v) is 3.46. The zero-order chi connectivity index (χ0) is 13.1. The molecule has 1 fully saturated rings. The molecule has 1 aliphatic heterocycles. The van der Waals surface area contributed by atoms with Crippen LogP contribution in [0.25, 0.3) is 0 Å². The molecule has 0 bridgehead atoms. The quantitative estimate of drug-likeness (QED) is 0.854. The van der Waals surface area contributed by atoms with Crippen LogP contribution in [-0.2, 0) is 4.79 Å². The Hall–Kier alpha value is -1.55. The molecule has 4 nitrogen and oxygen atoms in total. The number of benzene rings is 1. The lowest BCUT2D eigenvalue weighted by atomic mass is 10.0. The van der Waals surface area contributed by atoms with Crippen LogP contribution in [0.5, 0.6) is 0 Å². The van der Waals surface area contributed by atoms with Gasteiger partial charge < -0.3 is 15.5 Å². The monoisotopic (exact) mass is 247 g/mol. The van der Waals surface area contributed by atoms with E-state index in [1.165, 1.54) is 0 Å². The van der Waals surface area contributed by atoms with Crippen LogP contribution in [0.2, 0.25) is 0 Å². The Labute approximate surface area is 108 Å². The number of hydrogen-bond donors (Lipinski definition) is 2. The molecule has 2 N–H and O–H groups in total. The number of nitrogens with one attached hydrogen (secondary N) is 2. The molecule has 1 amide bonds. The SMILES string of the molecule is CC1CCNC1C(=O)Nc1ccccc1N(C)C. The first kappa shape index (κ1) is 12.9. The molecule has 0 radical (unpaired) electrons. The highest BCUT2D eigenvalue weighted by molar-refractivity contribution is 5.98. The van der Waals surface area contributed by atoms with Gasteiger partial charge in [-0.1, -0.05) is 19.1 Å². The molecule has 4 heteroatoms. The topological polar surface area (TPSA) is 44.4 Å². The fraction of sp³-hybridized carbons (Fsp3) is 0.500. The van der Waals surface area contributed by atoms with Gasteiger partial charge >= 0.3 is 0 Å². The average molecular weight is 247 g/mol.